The van der Waals surface area contributed by atoms with E-state index in [1.807, 2.05) is 47.7 Å². The maximum absolute atomic E-state index is 12.3. The molecule has 0 saturated heterocycles. The summed E-state index contributed by atoms with van der Waals surface area (Å²) in [5, 5.41) is 3.38. The molecule has 0 radical (unpaired) electrons. The number of ether oxygens (including phenoxy) is 1. The van der Waals surface area contributed by atoms with Crippen LogP contribution in [0.2, 0.25) is 0 Å². The van der Waals surface area contributed by atoms with Crippen molar-refractivity contribution in [3.05, 3.63) is 18.2 Å². The molecule has 0 aliphatic rings. The van der Waals surface area contributed by atoms with Gasteiger partial charge in [0.1, 0.15) is 11.4 Å². The Bertz CT molecular complexity index is 458. The fourth-order valence-electron chi connectivity index (χ4n) is 2.15. The van der Waals surface area contributed by atoms with Crippen LogP contribution in [0.1, 0.15) is 53.8 Å². The quantitative estimate of drug-likeness (QED) is 0.757. The van der Waals surface area contributed by atoms with Gasteiger partial charge >= 0.3 is 6.09 Å². The van der Waals surface area contributed by atoms with Crippen molar-refractivity contribution in [3.63, 3.8) is 0 Å². The highest BCUT2D eigenvalue weighted by Gasteiger charge is 2.30. The van der Waals surface area contributed by atoms with Crippen LogP contribution in [0.3, 0.4) is 0 Å². The number of aromatic amines is 1. The lowest BCUT2D eigenvalue weighted by Gasteiger charge is -2.36. The third-order valence-corrected chi connectivity index (χ3v) is 3.26. The molecule has 23 heavy (non-hydrogen) atoms. The zero-order valence-electron chi connectivity index (χ0n) is 15.4. The number of aryl methyl sites for hydroxylation is 1. The molecule has 2 N–H and O–H groups in total. The first kappa shape index (κ1) is 19.5. The van der Waals surface area contributed by atoms with Crippen LogP contribution >= 0.6 is 0 Å². The van der Waals surface area contributed by atoms with E-state index >= 15 is 0 Å². The standard InChI is InChI=1S/C17H32N4O2/c1-16(2,3)21(15(22)23-17(4,5)6)13-12-18-9-7-8-14-19-10-11-20-14/h10-11,18H,7-9,12-13H2,1-6H3,(H,19,20). The van der Waals surface area contributed by atoms with Gasteiger partial charge in [0.05, 0.1) is 0 Å². The first-order valence-electron chi connectivity index (χ1n) is 8.29. The topological polar surface area (TPSA) is 70.2 Å². The van der Waals surface area contributed by atoms with E-state index < -0.39 is 5.60 Å². The summed E-state index contributed by atoms with van der Waals surface area (Å²) >= 11 is 0. The highest BCUT2D eigenvalue weighted by molar-refractivity contribution is 5.69. The maximum atomic E-state index is 12.3. The van der Waals surface area contributed by atoms with E-state index in [2.05, 4.69) is 15.3 Å². The zero-order valence-corrected chi connectivity index (χ0v) is 15.4. The largest absolute Gasteiger partial charge is 0.444 e. The summed E-state index contributed by atoms with van der Waals surface area (Å²) in [6, 6.07) is 0. The van der Waals surface area contributed by atoms with E-state index in [1.54, 1.807) is 11.1 Å². The van der Waals surface area contributed by atoms with E-state index in [0.717, 1.165) is 31.8 Å². The second-order valence-electron chi connectivity index (χ2n) is 7.69. The summed E-state index contributed by atoms with van der Waals surface area (Å²) in [5.74, 6) is 1.01. The van der Waals surface area contributed by atoms with Crippen LogP contribution in [0.15, 0.2) is 12.4 Å². The molecule has 1 amide bonds. The Hall–Kier alpha value is -1.56. The minimum atomic E-state index is -0.475. The molecular formula is C17H32N4O2. The number of nitrogens with zero attached hydrogens (tertiary/aromatic N) is 2. The van der Waals surface area contributed by atoms with Gasteiger partial charge in [-0.05, 0) is 54.5 Å². The monoisotopic (exact) mass is 324 g/mol. The van der Waals surface area contributed by atoms with Crippen molar-refractivity contribution in [2.24, 2.45) is 0 Å². The molecule has 132 valence electrons. The third-order valence-electron chi connectivity index (χ3n) is 3.26. The van der Waals surface area contributed by atoms with E-state index in [-0.39, 0.29) is 11.6 Å². The highest BCUT2D eigenvalue weighted by Crippen LogP contribution is 2.17. The normalized spacial score (nSPS) is 12.3. The van der Waals surface area contributed by atoms with Crippen molar-refractivity contribution in [1.82, 2.24) is 20.2 Å². The van der Waals surface area contributed by atoms with Crippen LogP contribution in [0, 0.1) is 0 Å². The Morgan fingerprint density at radius 2 is 1.96 bits per heavy atom. The van der Waals surface area contributed by atoms with Crippen molar-refractivity contribution in [1.29, 1.82) is 0 Å². The molecule has 0 atom stereocenters. The van der Waals surface area contributed by atoms with Gasteiger partial charge in [0.15, 0.2) is 0 Å². The van der Waals surface area contributed by atoms with Crippen LogP contribution in [-0.2, 0) is 11.2 Å². The van der Waals surface area contributed by atoms with Crippen LogP contribution < -0.4 is 5.32 Å². The van der Waals surface area contributed by atoms with Gasteiger partial charge < -0.3 is 19.9 Å². The number of carbonyl (C=O) groups is 1. The van der Waals surface area contributed by atoms with Crippen molar-refractivity contribution in [3.8, 4) is 0 Å². The van der Waals surface area contributed by atoms with Gasteiger partial charge in [-0.3, -0.25) is 0 Å². The maximum Gasteiger partial charge on any atom is 0.410 e. The summed E-state index contributed by atoms with van der Waals surface area (Å²) < 4.78 is 5.50. The molecule has 0 fully saturated rings. The summed E-state index contributed by atoms with van der Waals surface area (Å²) in [5.41, 5.74) is -0.741. The number of carbonyl (C=O) groups excluding carboxylic acids is 1. The number of amides is 1. The molecule has 0 unspecified atom stereocenters. The van der Waals surface area contributed by atoms with Gasteiger partial charge in [-0.25, -0.2) is 9.78 Å². The van der Waals surface area contributed by atoms with Crippen LogP contribution in [0.5, 0.6) is 0 Å². The third kappa shape index (κ3) is 8.02. The molecule has 1 heterocycles. The van der Waals surface area contributed by atoms with E-state index in [9.17, 15) is 4.79 Å². The van der Waals surface area contributed by atoms with Gasteiger partial charge in [-0.15, -0.1) is 0 Å². The van der Waals surface area contributed by atoms with E-state index in [4.69, 9.17) is 4.74 Å². The van der Waals surface area contributed by atoms with Crippen molar-refractivity contribution in [2.75, 3.05) is 19.6 Å². The predicted octanol–water partition coefficient (Wildman–Crippen LogP) is 2.97. The highest BCUT2D eigenvalue weighted by atomic mass is 16.6. The van der Waals surface area contributed by atoms with Crippen molar-refractivity contribution < 1.29 is 9.53 Å². The number of imidazole rings is 1. The number of rotatable bonds is 7. The predicted molar refractivity (Wildman–Crippen MR) is 92.5 cm³/mol. The lowest BCUT2D eigenvalue weighted by atomic mass is 10.1. The second-order valence-corrected chi connectivity index (χ2v) is 7.69. The Morgan fingerprint density at radius 1 is 1.26 bits per heavy atom. The average molecular weight is 324 g/mol. The minimum absolute atomic E-state index is 0.262. The number of hydrogen-bond acceptors (Lipinski definition) is 4. The molecule has 6 nitrogen and oxygen atoms in total. The van der Waals surface area contributed by atoms with Gasteiger partial charge in [0.25, 0.3) is 0 Å². The fraction of sp³-hybridized carbons (Fsp3) is 0.765. The summed E-state index contributed by atoms with van der Waals surface area (Å²) in [7, 11) is 0. The molecule has 1 aromatic heterocycles. The van der Waals surface area contributed by atoms with Gasteiger partial charge in [-0.1, -0.05) is 0 Å². The number of H-pyrrole nitrogens is 1. The molecule has 0 spiro atoms. The van der Waals surface area contributed by atoms with Crippen molar-refractivity contribution in [2.45, 2.75) is 65.5 Å². The van der Waals surface area contributed by atoms with Gasteiger partial charge in [0, 0.05) is 37.4 Å². The van der Waals surface area contributed by atoms with Crippen LogP contribution in [0.25, 0.3) is 0 Å². The SMILES string of the molecule is CC(C)(C)OC(=O)N(CCNCCCc1ncc[nH]1)C(C)(C)C. The Labute approximate surface area is 140 Å². The zero-order chi connectivity index (χ0) is 17.5. The van der Waals surface area contributed by atoms with E-state index in [1.165, 1.54) is 0 Å². The summed E-state index contributed by atoms with van der Waals surface area (Å²) in [6.45, 7) is 14.0. The van der Waals surface area contributed by atoms with Crippen LogP contribution in [-0.4, -0.2) is 51.7 Å². The first-order valence-corrected chi connectivity index (χ1v) is 8.29. The molecule has 0 aliphatic heterocycles. The first-order chi connectivity index (χ1) is 10.6. The minimum Gasteiger partial charge on any atom is -0.444 e. The molecule has 1 aromatic rings. The number of hydrogen-bond donors (Lipinski definition) is 2. The van der Waals surface area contributed by atoms with E-state index in [0.29, 0.717) is 6.54 Å². The lowest BCUT2D eigenvalue weighted by Crippen LogP contribution is -2.50. The lowest BCUT2D eigenvalue weighted by molar-refractivity contribution is 0.00666. The smallest absolute Gasteiger partial charge is 0.410 e. The molecular weight excluding hydrogens is 292 g/mol. The van der Waals surface area contributed by atoms with Gasteiger partial charge in [0.2, 0.25) is 0 Å². The number of nitrogens with one attached hydrogen (secondary N) is 2. The summed E-state index contributed by atoms with van der Waals surface area (Å²) in [6.07, 6.45) is 5.28. The molecule has 0 bridgehead atoms. The molecule has 0 saturated carbocycles. The Kier molecular flexibility index (Phi) is 7.06. The Balaban J connectivity index is 2.32. The molecule has 0 aromatic carbocycles. The second kappa shape index (κ2) is 8.34. The molecule has 0 aliphatic carbocycles. The molecule has 6 heteroatoms. The fourth-order valence-corrected chi connectivity index (χ4v) is 2.15. The van der Waals surface area contributed by atoms with Crippen molar-refractivity contribution >= 4 is 6.09 Å². The number of aromatic nitrogens is 2. The van der Waals surface area contributed by atoms with Crippen LogP contribution in [0.4, 0.5) is 4.79 Å². The molecule has 1 rings (SSSR count). The summed E-state index contributed by atoms with van der Waals surface area (Å²) in [4.78, 5) is 21.4. The van der Waals surface area contributed by atoms with Gasteiger partial charge in [-0.2, -0.15) is 0 Å². The Morgan fingerprint density at radius 3 is 2.48 bits per heavy atom. The average Bonchev–Trinajstić information content (AvgIpc) is 2.86.